The van der Waals surface area contributed by atoms with Crippen LogP contribution in [0.25, 0.3) is 0 Å². The van der Waals surface area contributed by atoms with Gasteiger partial charge in [-0.15, -0.1) is 18.2 Å². The molecule has 1 heterocycles. The van der Waals surface area contributed by atoms with Gasteiger partial charge >= 0.3 is 68.9 Å². The number of rotatable bonds is 6. The molecule has 0 unspecified atom stereocenters. The van der Waals surface area contributed by atoms with E-state index in [-0.39, 0.29) is 74.7 Å². The Balaban J connectivity index is 0.00000264. The molecule has 0 amide bonds. The van der Waals surface area contributed by atoms with E-state index in [1.165, 1.54) is 12.1 Å². The van der Waals surface area contributed by atoms with Crippen molar-refractivity contribution in [3.8, 4) is 0 Å². The first-order chi connectivity index (χ1) is 10.5. The molecule has 1 N–H and O–H groups in total. The zero-order chi connectivity index (χ0) is 16.1. The van der Waals surface area contributed by atoms with Gasteiger partial charge in [0.1, 0.15) is 0 Å². The zero-order valence-electron chi connectivity index (χ0n) is 14.7. The van der Waals surface area contributed by atoms with Crippen LogP contribution in [0.2, 0.25) is 5.02 Å². The monoisotopic (exact) mass is 459 g/mol. The molecule has 1 saturated heterocycles. The van der Waals surface area contributed by atoms with Crippen molar-refractivity contribution in [2.75, 3.05) is 39.8 Å². The Kier molecular flexibility index (Phi) is 10.7. The van der Waals surface area contributed by atoms with Crippen LogP contribution in [0, 0.1) is 11.9 Å². The molecule has 1 aliphatic heterocycles. The van der Waals surface area contributed by atoms with Crippen LogP contribution in [0.3, 0.4) is 0 Å². The van der Waals surface area contributed by atoms with Crippen LogP contribution < -0.4 is 74.2 Å². The van der Waals surface area contributed by atoms with Gasteiger partial charge in [-0.1, -0.05) is 18.0 Å². The Hall–Kier alpha value is 1.24. The van der Waals surface area contributed by atoms with Crippen LogP contribution in [-0.4, -0.2) is 55.6 Å². The van der Waals surface area contributed by atoms with Gasteiger partial charge in [0, 0.05) is 32.2 Å². The fraction of sp³-hybridized carbons (Fsp3) is 0.588. The van der Waals surface area contributed by atoms with Crippen LogP contribution in [0.5, 0.6) is 0 Å². The molecule has 0 aromatic heterocycles. The van der Waals surface area contributed by atoms with Crippen LogP contribution in [0.4, 0.5) is 4.39 Å². The van der Waals surface area contributed by atoms with Gasteiger partial charge in [-0.3, -0.25) is 4.90 Å². The summed E-state index contributed by atoms with van der Waals surface area (Å²) in [7, 11) is 1.94. The molecule has 3 nitrogen and oxygen atoms in total. The second-order valence-corrected chi connectivity index (χ2v) is 6.51. The summed E-state index contributed by atoms with van der Waals surface area (Å²) in [5.41, 5.74) is 0.901. The third kappa shape index (κ3) is 6.81. The van der Waals surface area contributed by atoms with E-state index in [2.05, 4.69) is 29.0 Å². The maximum Gasteiger partial charge on any atom is 1.00 e. The Bertz CT molecular complexity index is 459. The molecule has 1 fully saturated rings. The van der Waals surface area contributed by atoms with E-state index >= 15 is 0 Å². The fourth-order valence-corrected chi connectivity index (χ4v) is 3.18. The maximum atomic E-state index is 13.7. The summed E-state index contributed by atoms with van der Waals surface area (Å²) in [4.78, 5) is 4.85. The van der Waals surface area contributed by atoms with E-state index in [9.17, 15) is 4.39 Å². The number of halogens is 2. The minimum absolute atomic E-state index is 0. The quantitative estimate of drug-likeness (QED) is 0.604. The van der Waals surface area contributed by atoms with Gasteiger partial charge in [0.05, 0.1) is 5.82 Å². The van der Waals surface area contributed by atoms with Crippen LogP contribution in [-0.2, 0) is 0 Å². The van der Waals surface area contributed by atoms with Gasteiger partial charge in [0.15, 0.2) is 0 Å². The molecule has 1 aliphatic rings. The molecule has 0 spiro atoms. The van der Waals surface area contributed by atoms with Gasteiger partial charge in [0.25, 0.3) is 0 Å². The van der Waals surface area contributed by atoms with Gasteiger partial charge < -0.3 is 10.2 Å². The summed E-state index contributed by atoms with van der Waals surface area (Å²) in [6.07, 6.45) is 0.873. The van der Waals surface area contributed by atoms with Crippen LogP contribution in [0.15, 0.2) is 18.2 Å². The summed E-state index contributed by atoms with van der Waals surface area (Å²) in [6.45, 7) is 9.37. The van der Waals surface area contributed by atoms with E-state index in [1.54, 1.807) is 6.07 Å². The number of piperazine rings is 1. The Morgan fingerprint density at radius 1 is 1.22 bits per heavy atom. The van der Waals surface area contributed by atoms with Crippen molar-refractivity contribution in [1.29, 1.82) is 0 Å². The first kappa shape index (κ1) is 22.3. The van der Waals surface area contributed by atoms with E-state index in [1.807, 2.05) is 13.1 Å². The van der Waals surface area contributed by atoms with Gasteiger partial charge in [-0.05, 0) is 38.5 Å². The SMILES string of the molecule is CNCC[C-](c1cc(F)cc(Cl)c1)N1CCN(C(C)C)CC1.[Cs+]. The Morgan fingerprint density at radius 3 is 2.39 bits per heavy atom. The molecule has 1 aromatic rings. The normalized spacial score (nSPS) is 16.4. The predicted octanol–water partition coefficient (Wildman–Crippen LogP) is -0.00131. The molecular weight excluding hydrogens is 434 g/mol. The minimum atomic E-state index is -0.273. The second-order valence-electron chi connectivity index (χ2n) is 6.08. The first-order valence-electron chi connectivity index (χ1n) is 7.97. The molecule has 0 bridgehead atoms. The fourth-order valence-electron chi connectivity index (χ4n) is 2.96. The average Bonchev–Trinajstić information content (AvgIpc) is 2.47. The minimum Gasteiger partial charge on any atom is -0.328 e. The third-order valence-electron chi connectivity index (χ3n) is 4.23. The molecule has 124 valence electrons. The number of hydrogen-bond donors (Lipinski definition) is 1. The van der Waals surface area contributed by atoms with Crippen molar-refractivity contribution in [1.82, 2.24) is 15.1 Å². The van der Waals surface area contributed by atoms with Crippen LogP contribution >= 0.6 is 11.6 Å². The van der Waals surface area contributed by atoms with Gasteiger partial charge in [-0.2, -0.15) is 5.56 Å². The topological polar surface area (TPSA) is 18.5 Å². The summed E-state index contributed by atoms with van der Waals surface area (Å²) in [5, 5.41) is 3.63. The number of nitrogens with one attached hydrogen (secondary N) is 1. The van der Waals surface area contributed by atoms with E-state index < -0.39 is 0 Å². The largest absolute Gasteiger partial charge is 1.00 e. The zero-order valence-corrected chi connectivity index (χ0v) is 21.7. The smallest absolute Gasteiger partial charge is 0.328 e. The molecular formula is C17H26ClCsFN3. The van der Waals surface area contributed by atoms with Gasteiger partial charge in [0.2, 0.25) is 0 Å². The molecule has 6 heteroatoms. The summed E-state index contributed by atoms with van der Waals surface area (Å²) >= 11 is 6.04. The molecule has 0 atom stereocenters. The third-order valence-corrected chi connectivity index (χ3v) is 4.45. The molecule has 1 aromatic carbocycles. The van der Waals surface area contributed by atoms with E-state index in [0.29, 0.717) is 11.1 Å². The maximum absolute atomic E-state index is 13.7. The van der Waals surface area contributed by atoms with Crippen molar-refractivity contribution in [3.05, 3.63) is 40.6 Å². The molecule has 0 aliphatic carbocycles. The van der Waals surface area contributed by atoms with Crippen molar-refractivity contribution in [3.63, 3.8) is 0 Å². The van der Waals surface area contributed by atoms with Crippen LogP contribution in [0.1, 0.15) is 25.8 Å². The summed E-state index contributed by atoms with van der Waals surface area (Å²) in [6, 6.07) is 6.57. The molecule has 2 rings (SSSR count). The number of benzene rings is 1. The van der Waals surface area contributed by atoms with Gasteiger partial charge in [-0.25, -0.2) is 4.39 Å². The van der Waals surface area contributed by atoms with Crippen molar-refractivity contribution in [2.45, 2.75) is 26.3 Å². The summed E-state index contributed by atoms with van der Waals surface area (Å²) in [5.74, 6) is -0.273. The number of nitrogens with zero attached hydrogens (tertiary/aromatic N) is 2. The van der Waals surface area contributed by atoms with Crippen molar-refractivity contribution < 1.29 is 73.3 Å². The second kappa shape index (κ2) is 11.1. The summed E-state index contributed by atoms with van der Waals surface area (Å²) < 4.78 is 13.7. The number of hydrogen-bond acceptors (Lipinski definition) is 3. The Morgan fingerprint density at radius 2 is 1.87 bits per heavy atom. The predicted molar refractivity (Wildman–Crippen MR) is 90.6 cm³/mol. The average molecular weight is 460 g/mol. The van der Waals surface area contributed by atoms with E-state index in [4.69, 9.17) is 11.6 Å². The standard InChI is InChI=1S/C17H26ClFN3.Cs/c1-13(2)21-6-8-22(9-7-21)17(4-5-20-3)14-10-15(18)12-16(19)11-14;/h10-13,20H,4-9H2,1-3H3;/q-1;+1. The van der Waals surface area contributed by atoms with E-state index in [0.717, 1.165) is 44.7 Å². The molecule has 0 radical (unpaired) electrons. The first-order valence-corrected chi connectivity index (χ1v) is 8.35. The Labute approximate surface area is 203 Å². The molecule has 23 heavy (non-hydrogen) atoms. The van der Waals surface area contributed by atoms with Crippen molar-refractivity contribution >= 4 is 11.6 Å². The molecule has 0 saturated carbocycles. The van der Waals surface area contributed by atoms with Crippen molar-refractivity contribution in [2.24, 2.45) is 0 Å².